The van der Waals surface area contributed by atoms with E-state index in [9.17, 15) is 10.1 Å². The number of hydrogen-bond acceptors (Lipinski definition) is 5. The maximum Gasteiger partial charge on any atom is 0.268 e. The van der Waals surface area contributed by atoms with Crippen molar-refractivity contribution in [2.24, 2.45) is 0 Å². The van der Waals surface area contributed by atoms with Gasteiger partial charge in [-0.05, 0) is 43.3 Å². The van der Waals surface area contributed by atoms with E-state index in [1.165, 1.54) is 17.4 Å². The number of anilines is 1. The van der Waals surface area contributed by atoms with Crippen LogP contribution in [0.1, 0.15) is 11.4 Å². The molecule has 0 atom stereocenters. The van der Waals surface area contributed by atoms with Crippen LogP contribution in [-0.2, 0) is 4.79 Å². The number of amides is 1. The molecule has 1 aromatic carbocycles. The Hall–Kier alpha value is -3.08. The molecule has 0 bridgehead atoms. The number of halogens is 1. The van der Waals surface area contributed by atoms with Crippen LogP contribution in [0.2, 0.25) is 5.02 Å². The third kappa shape index (κ3) is 4.19. The Morgan fingerprint density at radius 2 is 2.26 bits per heavy atom. The minimum absolute atomic E-state index is 0.0255. The van der Waals surface area contributed by atoms with Crippen LogP contribution < -0.4 is 10.1 Å². The lowest BCUT2D eigenvalue weighted by Crippen LogP contribution is -2.13. The highest BCUT2D eigenvalue weighted by Crippen LogP contribution is 2.27. The molecule has 2 aromatic heterocycles. The minimum atomic E-state index is -0.507. The summed E-state index contributed by atoms with van der Waals surface area (Å²) >= 11 is 7.51. The second-order valence-corrected chi connectivity index (χ2v) is 6.81. The number of methoxy groups -OCH3 is 1. The number of aryl methyl sites for hydroxylation is 1. The van der Waals surface area contributed by atoms with Crippen LogP contribution in [0.3, 0.4) is 0 Å². The Kier molecular flexibility index (Phi) is 5.60. The zero-order valence-electron chi connectivity index (χ0n) is 14.6. The van der Waals surface area contributed by atoms with Crippen molar-refractivity contribution in [1.29, 1.82) is 5.26 Å². The standard InChI is InChI=1S/C19H15ClN4O2S/c1-12-11-27-19(22-12)23-18(25)13(10-21)8-14-4-3-7-24(14)15-5-6-17(26-2)16(20)9-15/h3-9,11H,1-2H3,(H,22,23,25)/b13-8-. The van der Waals surface area contributed by atoms with Gasteiger partial charge in [-0.2, -0.15) is 5.26 Å². The van der Waals surface area contributed by atoms with Crippen molar-refractivity contribution in [1.82, 2.24) is 9.55 Å². The number of benzene rings is 1. The second kappa shape index (κ2) is 8.08. The third-order valence-electron chi connectivity index (χ3n) is 3.69. The molecular formula is C19H15ClN4O2S. The van der Waals surface area contributed by atoms with E-state index < -0.39 is 5.91 Å². The van der Waals surface area contributed by atoms with Crippen molar-refractivity contribution >= 4 is 40.1 Å². The van der Waals surface area contributed by atoms with Crippen LogP contribution in [0.15, 0.2) is 47.5 Å². The summed E-state index contributed by atoms with van der Waals surface area (Å²) in [6.07, 6.45) is 3.34. The first-order chi connectivity index (χ1) is 13.0. The lowest BCUT2D eigenvalue weighted by atomic mass is 10.2. The van der Waals surface area contributed by atoms with Gasteiger partial charge in [0.25, 0.3) is 5.91 Å². The van der Waals surface area contributed by atoms with E-state index in [0.717, 1.165) is 11.4 Å². The lowest BCUT2D eigenvalue weighted by Gasteiger charge is -2.10. The van der Waals surface area contributed by atoms with Crippen LogP contribution in [-0.4, -0.2) is 22.6 Å². The predicted octanol–water partition coefficient (Wildman–Crippen LogP) is 4.45. The van der Waals surface area contributed by atoms with Crippen LogP contribution in [0.4, 0.5) is 5.13 Å². The highest BCUT2D eigenvalue weighted by molar-refractivity contribution is 7.13. The molecule has 0 spiro atoms. The van der Waals surface area contributed by atoms with E-state index in [-0.39, 0.29) is 5.57 Å². The van der Waals surface area contributed by atoms with Gasteiger partial charge in [-0.15, -0.1) is 11.3 Å². The van der Waals surface area contributed by atoms with E-state index in [4.69, 9.17) is 16.3 Å². The fourth-order valence-corrected chi connectivity index (χ4v) is 3.36. The quantitative estimate of drug-likeness (QED) is 0.508. The molecule has 6 nitrogen and oxygen atoms in total. The number of thiazole rings is 1. The minimum Gasteiger partial charge on any atom is -0.495 e. The Balaban J connectivity index is 1.90. The number of nitrogens with one attached hydrogen (secondary N) is 1. The number of ether oxygens (including phenoxy) is 1. The predicted molar refractivity (Wildman–Crippen MR) is 106 cm³/mol. The normalized spacial score (nSPS) is 11.1. The van der Waals surface area contributed by atoms with Gasteiger partial charge in [-0.3, -0.25) is 10.1 Å². The molecule has 136 valence electrons. The molecular weight excluding hydrogens is 384 g/mol. The Morgan fingerprint density at radius 3 is 2.89 bits per heavy atom. The molecule has 0 radical (unpaired) electrons. The summed E-state index contributed by atoms with van der Waals surface area (Å²) in [5.74, 6) is 0.0628. The van der Waals surface area contributed by atoms with Crippen molar-refractivity contribution < 1.29 is 9.53 Å². The van der Waals surface area contributed by atoms with E-state index >= 15 is 0 Å². The zero-order chi connectivity index (χ0) is 19.4. The van der Waals surface area contributed by atoms with Crippen LogP contribution in [0.5, 0.6) is 5.75 Å². The van der Waals surface area contributed by atoms with Crippen LogP contribution in [0, 0.1) is 18.3 Å². The highest BCUT2D eigenvalue weighted by Gasteiger charge is 2.13. The molecule has 0 aliphatic rings. The molecule has 0 saturated heterocycles. The van der Waals surface area contributed by atoms with Gasteiger partial charge in [0.2, 0.25) is 0 Å². The molecule has 1 amide bonds. The van der Waals surface area contributed by atoms with Gasteiger partial charge in [0.1, 0.15) is 17.4 Å². The summed E-state index contributed by atoms with van der Waals surface area (Å²) in [6, 6.07) is 10.9. The number of aromatic nitrogens is 2. The summed E-state index contributed by atoms with van der Waals surface area (Å²) < 4.78 is 6.99. The fourth-order valence-electron chi connectivity index (χ4n) is 2.42. The summed E-state index contributed by atoms with van der Waals surface area (Å²) in [6.45, 7) is 1.83. The summed E-state index contributed by atoms with van der Waals surface area (Å²) in [4.78, 5) is 16.6. The molecule has 8 heteroatoms. The van der Waals surface area contributed by atoms with Gasteiger partial charge in [-0.25, -0.2) is 4.98 Å². The Morgan fingerprint density at radius 1 is 1.44 bits per heavy atom. The highest BCUT2D eigenvalue weighted by atomic mass is 35.5. The average molecular weight is 399 g/mol. The molecule has 0 fully saturated rings. The molecule has 3 aromatic rings. The first-order valence-corrected chi connectivity index (χ1v) is 9.14. The molecule has 0 unspecified atom stereocenters. The van der Waals surface area contributed by atoms with Gasteiger partial charge in [0.05, 0.1) is 17.8 Å². The topological polar surface area (TPSA) is 79.9 Å². The molecule has 0 aliphatic heterocycles. The number of rotatable bonds is 5. The molecule has 0 saturated carbocycles. The number of carbonyl (C=O) groups is 1. The molecule has 3 rings (SSSR count). The number of nitrogens with zero attached hydrogens (tertiary/aromatic N) is 3. The monoisotopic (exact) mass is 398 g/mol. The molecule has 27 heavy (non-hydrogen) atoms. The van der Waals surface area contributed by atoms with E-state index in [1.54, 1.807) is 25.3 Å². The third-order valence-corrected chi connectivity index (χ3v) is 4.86. The van der Waals surface area contributed by atoms with E-state index in [2.05, 4.69) is 10.3 Å². The van der Waals surface area contributed by atoms with Crippen molar-refractivity contribution in [2.75, 3.05) is 12.4 Å². The Bertz CT molecular complexity index is 1060. The summed E-state index contributed by atoms with van der Waals surface area (Å²) in [7, 11) is 1.55. The smallest absolute Gasteiger partial charge is 0.268 e. The van der Waals surface area contributed by atoms with Gasteiger partial charge >= 0.3 is 0 Å². The van der Waals surface area contributed by atoms with Crippen molar-refractivity contribution in [2.45, 2.75) is 6.92 Å². The number of carbonyl (C=O) groups excluding carboxylic acids is 1. The fraction of sp³-hybridized carbons (Fsp3) is 0.105. The largest absolute Gasteiger partial charge is 0.495 e. The van der Waals surface area contributed by atoms with Gasteiger partial charge in [-0.1, -0.05) is 11.6 Å². The Labute approximate surface area is 165 Å². The lowest BCUT2D eigenvalue weighted by molar-refractivity contribution is -0.112. The van der Waals surface area contributed by atoms with E-state index in [1.807, 2.05) is 41.3 Å². The molecule has 1 N–H and O–H groups in total. The van der Waals surface area contributed by atoms with Crippen molar-refractivity contribution in [3.8, 4) is 17.5 Å². The zero-order valence-corrected chi connectivity index (χ0v) is 16.1. The van der Waals surface area contributed by atoms with Crippen molar-refractivity contribution in [3.05, 3.63) is 63.9 Å². The number of hydrogen-bond donors (Lipinski definition) is 1. The van der Waals surface area contributed by atoms with Gasteiger partial charge < -0.3 is 9.30 Å². The molecule has 0 aliphatic carbocycles. The van der Waals surface area contributed by atoms with Crippen LogP contribution in [0.25, 0.3) is 11.8 Å². The van der Waals surface area contributed by atoms with Gasteiger partial charge in [0.15, 0.2) is 5.13 Å². The van der Waals surface area contributed by atoms with E-state index in [0.29, 0.717) is 21.6 Å². The molecule has 2 heterocycles. The first kappa shape index (κ1) is 18.7. The van der Waals surface area contributed by atoms with Gasteiger partial charge in [0, 0.05) is 23.0 Å². The number of nitriles is 1. The maximum atomic E-state index is 12.4. The SMILES string of the molecule is COc1ccc(-n2cccc2/C=C(/C#N)C(=O)Nc2nc(C)cs2)cc1Cl. The first-order valence-electron chi connectivity index (χ1n) is 7.88. The average Bonchev–Trinajstić information content (AvgIpc) is 3.28. The maximum absolute atomic E-state index is 12.4. The summed E-state index contributed by atoms with van der Waals surface area (Å²) in [5, 5.41) is 14.8. The van der Waals surface area contributed by atoms with Crippen molar-refractivity contribution in [3.63, 3.8) is 0 Å². The van der Waals surface area contributed by atoms with Crippen LogP contribution >= 0.6 is 22.9 Å². The summed E-state index contributed by atoms with van der Waals surface area (Å²) in [5.41, 5.74) is 2.23. The second-order valence-electron chi connectivity index (χ2n) is 5.54.